The molecule has 0 N–H and O–H groups in total. The Morgan fingerprint density at radius 2 is 1.96 bits per heavy atom. The second-order valence-electron chi connectivity index (χ2n) is 6.86. The summed E-state index contributed by atoms with van der Waals surface area (Å²) < 4.78 is 12.4. The van der Waals surface area contributed by atoms with E-state index in [4.69, 9.17) is 20.8 Å². The molecule has 0 radical (unpaired) electrons. The van der Waals surface area contributed by atoms with Crippen molar-refractivity contribution in [1.29, 1.82) is 0 Å². The zero-order chi connectivity index (χ0) is 17.9. The number of thioether (sulfide) groups is 1. The van der Waals surface area contributed by atoms with Gasteiger partial charge < -0.3 is 9.15 Å². The first-order valence-electron chi connectivity index (χ1n) is 8.39. The standard InChI is InChI=1S/C21H15ClO3S/c1-21-9-10-26-20(21)18-17(25-19(21)12-5-3-2-4-6-12)16(23)14-11-13(22)7-8-15(14)24-18/h2-11,19-20H,1H3. The van der Waals surface area contributed by atoms with Gasteiger partial charge in [0.25, 0.3) is 0 Å². The number of hydrogen-bond donors (Lipinski definition) is 0. The topological polar surface area (TPSA) is 39.4 Å². The van der Waals surface area contributed by atoms with E-state index in [2.05, 4.69) is 18.4 Å². The Morgan fingerprint density at radius 1 is 1.15 bits per heavy atom. The van der Waals surface area contributed by atoms with E-state index < -0.39 is 0 Å². The molecule has 3 atom stereocenters. The number of fused-ring (bicyclic) bond motifs is 4. The minimum atomic E-state index is -0.297. The van der Waals surface area contributed by atoms with Crippen LogP contribution in [0.15, 0.2) is 69.2 Å². The molecule has 0 fully saturated rings. The normalized spacial score (nSPS) is 26.4. The highest BCUT2D eigenvalue weighted by Gasteiger charge is 2.52. The Kier molecular flexibility index (Phi) is 3.49. The first-order valence-corrected chi connectivity index (χ1v) is 9.71. The van der Waals surface area contributed by atoms with E-state index in [0.717, 1.165) is 5.56 Å². The van der Waals surface area contributed by atoms with Crippen LogP contribution in [0.25, 0.3) is 11.0 Å². The van der Waals surface area contributed by atoms with E-state index in [1.165, 1.54) is 0 Å². The summed E-state index contributed by atoms with van der Waals surface area (Å²) in [5, 5.41) is 3.01. The zero-order valence-electron chi connectivity index (χ0n) is 13.9. The quantitative estimate of drug-likeness (QED) is 0.526. The van der Waals surface area contributed by atoms with E-state index in [1.807, 2.05) is 30.3 Å². The molecule has 0 saturated carbocycles. The summed E-state index contributed by atoms with van der Waals surface area (Å²) in [6, 6.07) is 15.1. The van der Waals surface area contributed by atoms with Crippen molar-refractivity contribution in [2.75, 3.05) is 0 Å². The highest BCUT2D eigenvalue weighted by molar-refractivity contribution is 8.02. The average Bonchev–Trinajstić information content (AvgIpc) is 3.05. The monoisotopic (exact) mass is 382 g/mol. The Bertz CT molecular complexity index is 1110. The van der Waals surface area contributed by atoms with Gasteiger partial charge in [0.2, 0.25) is 11.2 Å². The predicted octanol–water partition coefficient (Wildman–Crippen LogP) is 5.89. The van der Waals surface area contributed by atoms with Crippen molar-refractivity contribution in [2.45, 2.75) is 18.3 Å². The van der Waals surface area contributed by atoms with Gasteiger partial charge in [-0.05, 0) is 29.2 Å². The van der Waals surface area contributed by atoms with Crippen LogP contribution in [-0.4, -0.2) is 0 Å². The van der Waals surface area contributed by atoms with Crippen molar-refractivity contribution < 1.29 is 9.15 Å². The van der Waals surface area contributed by atoms with Crippen LogP contribution in [0.2, 0.25) is 5.02 Å². The molecule has 0 amide bonds. The molecule has 5 heteroatoms. The van der Waals surface area contributed by atoms with Crippen molar-refractivity contribution in [3.63, 3.8) is 0 Å². The smallest absolute Gasteiger partial charge is 0.234 e. The molecule has 0 spiro atoms. The van der Waals surface area contributed by atoms with Gasteiger partial charge >= 0.3 is 0 Å². The van der Waals surface area contributed by atoms with Crippen molar-refractivity contribution in [1.82, 2.24) is 0 Å². The molecule has 2 aliphatic heterocycles. The maximum absolute atomic E-state index is 13.1. The maximum Gasteiger partial charge on any atom is 0.234 e. The summed E-state index contributed by atoms with van der Waals surface area (Å²) in [7, 11) is 0. The molecule has 3 nitrogen and oxygen atoms in total. The molecule has 2 aliphatic rings. The number of ether oxygens (including phenoxy) is 1. The van der Waals surface area contributed by atoms with E-state index in [1.54, 1.807) is 30.0 Å². The van der Waals surface area contributed by atoms with E-state index in [-0.39, 0.29) is 22.2 Å². The number of benzene rings is 2. The number of rotatable bonds is 1. The summed E-state index contributed by atoms with van der Waals surface area (Å²) >= 11 is 7.74. The van der Waals surface area contributed by atoms with E-state index in [9.17, 15) is 4.79 Å². The van der Waals surface area contributed by atoms with Crippen LogP contribution >= 0.6 is 23.4 Å². The van der Waals surface area contributed by atoms with Crippen molar-refractivity contribution in [3.05, 3.63) is 86.6 Å². The van der Waals surface area contributed by atoms with Gasteiger partial charge in [0, 0.05) is 10.4 Å². The van der Waals surface area contributed by atoms with Gasteiger partial charge in [0.15, 0.2) is 5.76 Å². The molecular weight excluding hydrogens is 368 g/mol. The molecule has 3 heterocycles. The summed E-state index contributed by atoms with van der Waals surface area (Å²) in [5.74, 6) is 0.904. The number of halogens is 1. The molecule has 26 heavy (non-hydrogen) atoms. The fourth-order valence-corrected chi connectivity index (χ4v) is 5.29. The minimum Gasteiger partial charge on any atom is -0.477 e. The SMILES string of the molecule is CC12C=CSC1c1oc3ccc(Cl)cc3c(=O)c1OC2c1ccccc1. The molecule has 0 saturated heterocycles. The summed E-state index contributed by atoms with van der Waals surface area (Å²) in [4.78, 5) is 13.1. The fourth-order valence-electron chi connectivity index (χ4n) is 3.82. The van der Waals surface area contributed by atoms with Gasteiger partial charge in [-0.3, -0.25) is 4.79 Å². The molecule has 2 aromatic carbocycles. The van der Waals surface area contributed by atoms with Crippen LogP contribution in [0.3, 0.4) is 0 Å². The van der Waals surface area contributed by atoms with Crippen molar-refractivity contribution in [3.8, 4) is 5.75 Å². The molecule has 0 bridgehead atoms. The Hall–Kier alpha value is -2.17. The molecule has 0 aliphatic carbocycles. The predicted molar refractivity (Wildman–Crippen MR) is 105 cm³/mol. The Morgan fingerprint density at radius 3 is 2.77 bits per heavy atom. The Labute approximate surface area is 159 Å². The van der Waals surface area contributed by atoms with Crippen LogP contribution in [0.4, 0.5) is 0 Å². The van der Waals surface area contributed by atoms with Crippen LogP contribution in [0.1, 0.15) is 29.6 Å². The fraction of sp³-hybridized carbons (Fsp3) is 0.190. The minimum absolute atomic E-state index is 0.00997. The van der Waals surface area contributed by atoms with Gasteiger partial charge in [-0.25, -0.2) is 0 Å². The maximum atomic E-state index is 13.1. The van der Waals surface area contributed by atoms with Gasteiger partial charge in [-0.2, -0.15) is 0 Å². The van der Waals surface area contributed by atoms with Gasteiger partial charge in [0.1, 0.15) is 11.7 Å². The molecule has 130 valence electrons. The van der Waals surface area contributed by atoms with Crippen LogP contribution < -0.4 is 10.2 Å². The van der Waals surface area contributed by atoms with Gasteiger partial charge in [-0.15, -0.1) is 11.8 Å². The summed E-state index contributed by atoms with van der Waals surface area (Å²) in [6.07, 6.45) is 1.90. The highest BCUT2D eigenvalue weighted by atomic mass is 35.5. The highest BCUT2D eigenvalue weighted by Crippen LogP contribution is 2.62. The second kappa shape index (κ2) is 5.66. The Balaban J connectivity index is 1.77. The first kappa shape index (κ1) is 16.0. The lowest BCUT2D eigenvalue weighted by Gasteiger charge is -2.41. The summed E-state index contributed by atoms with van der Waals surface area (Å²) in [5.41, 5.74) is 1.12. The van der Waals surface area contributed by atoms with Crippen molar-refractivity contribution >= 4 is 34.3 Å². The van der Waals surface area contributed by atoms with Crippen LogP contribution in [0, 0.1) is 5.41 Å². The van der Waals surface area contributed by atoms with E-state index >= 15 is 0 Å². The largest absolute Gasteiger partial charge is 0.477 e. The average molecular weight is 383 g/mol. The third kappa shape index (κ3) is 2.19. The van der Waals surface area contributed by atoms with Gasteiger partial charge in [-0.1, -0.05) is 54.9 Å². The lowest BCUT2D eigenvalue weighted by atomic mass is 9.75. The summed E-state index contributed by atoms with van der Waals surface area (Å²) in [6.45, 7) is 2.15. The first-order chi connectivity index (χ1) is 12.6. The molecule has 3 aromatic rings. The van der Waals surface area contributed by atoms with Crippen molar-refractivity contribution in [2.24, 2.45) is 5.41 Å². The molecular formula is C21H15ClO3S. The molecule has 3 unspecified atom stereocenters. The number of hydrogen-bond acceptors (Lipinski definition) is 4. The zero-order valence-corrected chi connectivity index (χ0v) is 15.5. The van der Waals surface area contributed by atoms with Gasteiger partial charge in [0.05, 0.1) is 10.6 Å². The molecule has 1 aromatic heterocycles. The van der Waals surface area contributed by atoms with Crippen LogP contribution in [0.5, 0.6) is 5.75 Å². The lowest BCUT2D eigenvalue weighted by Crippen LogP contribution is -2.37. The lowest BCUT2D eigenvalue weighted by molar-refractivity contribution is 0.0606. The third-order valence-corrected chi connectivity index (χ3v) is 6.71. The van der Waals surface area contributed by atoms with E-state index in [0.29, 0.717) is 27.5 Å². The molecule has 5 rings (SSSR count). The van der Waals surface area contributed by atoms with Crippen LogP contribution in [-0.2, 0) is 0 Å². The second-order valence-corrected chi connectivity index (χ2v) is 8.31. The third-order valence-electron chi connectivity index (χ3n) is 5.18.